The van der Waals surface area contributed by atoms with Gasteiger partial charge in [-0.1, -0.05) is 22.3 Å². The van der Waals surface area contributed by atoms with Gasteiger partial charge < -0.3 is 34.3 Å². The SMILES string of the molecule is C.C.C.O=C(O)/C=C/OCO.O=C(Oc1ccc([N+](=O)[O-])cc1)[C@H]1O[C@@H]1C(=O)Oc1ccc([N+](=O)[O-])cc1.O=C(n1ccnc1)n1ccnc1.O=[N+]([O-])c1ccc(O)cc1. The average molecular weight is 842 g/mol. The number of imidazole rings is 2. The van der Waals surface area contributed by atoms with Gasteiger partial charge >= 0.3 is 23.9 Å². The summed E-state index contributed by atoms with van der Waals surface area (Å²) in [5, 5.41) is 55.7. The molecule has 3 aromatic carbocycles. The molecule has 0 amide bonds. The highest BCUT2D eigenvalue weighted by molar-refractivity contribution is 5.91. The molecule has 3 heterocycles. The smallest absolute Gasteiger partial charge is 0.344 e. The van der Waals surface area contributed by atoms with Crippen molar-refractivity contribution in [3.05, 3.63) is 153 Å². The number of aliphatic hydroxyl groups excluding tert-OH is 1. The number of carbonyl (C=O) groups excluding carboxylic acids is 3. The Morgan fingerprint density at radius 3 is 1.35 bits per heavy atom. The summed E-state index contributed by atoms with van der Waals surface area (Å²) in [5.74, 6) is -2.65. The fraction of sp³-hybridized carbons (Fsp3) is 0.167. The zero-order chi connectivity index (χ0) is 41.9. The molecule has 320 valence electrons. The molecule has 1 saturated heterocycles. The van der Waals surface area contributed by atoms with E-state index in [1.807, 2.05) is 0 Å². The van der Waals surface area contributed by atoms with Gasteiger partial charge in [0, 0.05) is 61.2 Å². The van der Waals surface area contributed by atoms with Gasteiger partial charge in [0.25, 0.3) is 17.1 Å². The fourth-order valence-corrected chi connectivity index (χ4v) is 3.69. The number of carboxylic acids is 1. The lowest BCUT2D eigenvalue weighted by Crippen LogP contribution is -2.23. The maximum absolute atomic E-state index is 11.9. The van der Waals surface area contributed by atoms with E-state index in [1.165, 1.54) is 70.3 Å². The van der Waals surface area contributed by atoms with Crippen LogP contribution >= 0.6 is 0 Å². The van der Waals surface area contributed by atoms with Crippen LogP contribution in [0.4, 0.5) is 21.9 Å². The molecule has 3 N–H and O–H groups in total. The molecule has 1 fully saturated rings. The third-order valence-electron chi connectivity index (χ3n) is 6.38. The van der Waals surface area contributed by atoms with Crippen LogP contribution in [0.15, 0.2) is 123 Å². The number of aliphatic hydroxyl groups is 1. The number of carboxylic acid groups (broad SMARTS) is 1. The number of aliphatic carboxylic acids is 1. The number of aromatic nitrogens is 4. The van der Waals surface area contributed by atoms with Gasteiger partial charge in [0.05, 0.1) is 27.1 Å². The lowest BCUT2D eigenvalue weighted by Gasteiger charge is -2.03. The number of nitro groups is 3. The zero-order valence-corrected chi connectivity index (χ0v) is 28.6. The quantitative estimate of drug-likeness (QED) is 0.0239. The maximum Gasteiger partial charge on any atom is 0.344 e. The minimum Gasteiger partial charge on any atom is -0.508 e. The van der Waals surface area contributed by atoms with E-state index in [1.54, 1.807) is 24.8 Å². The van der Waals surface area contributed by atoms with E-state index in [-0.39, 0.29) is 62.6 Å². The molecule has 0 aliphatic carbocycles. The van der Waals surface area contributed by atoms with Gasteiger partial charge in [-0.3, -0.25) is 39.5 Å². The van der Waals surface area contributed by atoms with E-state index in [4.69, 9.17) is 29.5 Å². The van der Waals surface area contributed by atoms with Gasteiger partial charge in [-0.2, -0.15) is 0 Å². The van der Waals surface area contributed by atoms with Crippen LogP contribution in [0.5, 0.6) is 17.2 Å². The van der Waals surface area contributed by atoms with E-state index < -0.39 is 51.7 Å². The van der Waals surface area contributed by atoms with Crippen LogP contribution in [0.25, 0.3) is 0 Å². The highest BCUT2D eigenvalue weighted by Gasteiger charge is 2.53. The highest BCUT2D eigenvalue weighted by atomic mass is 16.7. The normalized spacial score (nSPS) is 12.8. The molecule has 5 aromatic rings. The van der Waals surface area contributed by atoms with Crippen LogP contribution in [0.1, 0.15) is 22.3 Å². The van der Waals surface area contributed by atoms with Crippen LogP contribution < -0.4 is 9.47 Å². The lowest BCUT2D eigenvalue weighted by atomic mass is 10.3. The molecule has 0 radical (unpaired) electrons. The van der Waals surface area contributed by atoms with Crippen LogP contribution in [0.3, 0.4) is 0 Å². The third-order valence-corrected chi connectivity index (χ3v) is 6.38. The first-order valence-corrected chi connectivity index (χ1v) is 15.3. The Bertz CT molecular complexity index is 2050. The molecule has 0 unspecified atom stereocenters. The molecular formula is C36H39N7O17. The Morgan fingerprint density at radius 2 is 1.05 bits per heavy atom. The molecule has 0 bridgehead atoms. The van der Waals surface area contributed by atoms with Crippen molar-refractivity contribution in [2.24, 2.45) is 0 Å². The molecular weight excluding hydrogens is 802 g/mol. The summed E-state index contributed by atoms with van der Waals surface area (Å²) >= 11 is 0. The van der Waals surface area contributed by atoms with Crippen molar-refractivity contribution in [1.82, 2.24) is 19.1 Å². The number of carbonyl (C=O) groups is 4. The largest absolute Gasteiger partial charge is 0.508 e. The van der Waals surface area contributed by atoms with Crippen molar-refractivity contribution in [1.29, 1.82) is 0 Å². The number of esters is 2. The number of hydrogen-bond acceptors (Lipinski definition) is 18. The summed E-state index contributed by atoms with van der Waals surface area (Å²) in [6.07, 6.45) is 8.54. The number of nitrogens with zero attached hydrogens (tertiary/aromatic N) is 7. The second-order valence-corrected chi connectivity index (χ2v) is 10.3. The van der Waals surface area contributed by atoms with Gasteiger partial charge in [-0.05, 0) is 36.4 Å². The van der Waals surface area contributed by atoms with Crippen molar-refractivity contribution in [3.8, 4) is 17.2 Å². The summed E-state index contributed by atoms with van der Waals surface area (Å²) in [5.41, 5.74) is -0.346. The van der Waals surface area contributed by atoms with E-state index >= 15 is 0 Å². The van der Waals surface area contributed by atoms with Crippen molar-refractivity contribution in [2.45, 2.75) is 34.5 Å². The number of rotatable bonds is 10. The number of ether oxygens (including phenoxy) is 4. The lowest BCUT2D eigenvalue weighted by molar-refractivity contribution is -0.385. The molecule has 0 saturated carbocycles. The minimum atomic E-state index is -1.16. The topological polar surface area (TPSA) is 334 Å². The Labute approximate surface area is 339 Å². The molecule has 1 aliphatic rings. The number of hydrogen-bond donors (Lipinski definition) is 3. The standard InChI is InChI=1S/C16H10N2O9.C7H6N4O.C6H5NO3.C4H6O4.3CH4/c19-15(25-11-5-1-9(2-6-11)17(21)22)13-14(27-13)16(20)26-12-7-3-10(4-8-12)18(23)24;12-7(10-3-1-8-5-10)11-4-2-9-6-11;8-6-3-1-5(2-4-6)7(9)10;5-3-8-2-1-4(6)7;;;/h1-8,13-14H;1-6H;1-4,8H;1-2,5H,3H2,(H,6,7);3*1H4/b;;;2-1+;;;/t13-,14-;;;;;;/m0....../s1. The number of nitro benzene ring substituents is 3. The summed E-state index contributed by atoms with van der Waals surface area (Å²) in [4.78, 5) is 81.9. The predicted octanol–water partition coefficient (Wildman–Crippen LogP) is 5.14. The minimum absolute atomic E-state index is 0. The van der Waals surface area contributed by atoms with Crippen LogP contribution in [0, 0.1) is 30.3 Å². The number of benzene rings is 3. The zero-order valence-electron chi connectivity index (χ0n) is 28.6. The first-order chi connectivity index (χ1) is 27.2. The molecule has 6 rings (SSSR count). The monoisotopic (exact) mass is 841 g/mol. The number of phenols is 1. The molecule has 2 aromatic heterocycles. The molecule has 1 aliphatic heterocycles. The maximum atomic E-state index is 11.9. The van der Waals surface area contributed by atoms with Gasteiger partial charge in [0.2, 0.25) is 0 Å². The van der Waals surface area contributed by atoms with Crippen molar-refractivity contribution in [3.63, 3.8) is 0 Å². The Morgan fingerprint density at radius 1 is 0.683 bits per heavy atom. The summed E-state index contributed by atoms with van der Waals surface area (Å²) in [6, 6.07) is 14.5. The Kier molecular flexibility index (Phi) is 22.1. The van der Waals surface area contributed by atoms with Gasteiger partial charge in [0.1, 0.15) is 29.9 Å². The van der Waals surface area contributed by atoms with E-state index in [9.17, 15) is 49.5 Å². The van der Waals surface area contributed by atoms with Crippen molar-refractivity contribution >= 4 is 41.0 Å². The molecule has 0 spiro atoms. The second kappa shape index (κ2) is 25.7. The van der Waals surface area contributed by atoms with E-state index in [0.717, 1.165) is 36.6 Å². The summed E-state index contributed by atoms with van der Waals surface area (Å²) in [7, 11) is 0. The fourth-order valence-electron chi connectivity index (χ4n) is 3.69. The summed E-state index contributed by atoms with van der Waals surface area (Å²) < 4.78 is 21.8. The summed E-state index contributed by atoms with van der Waals surface area (Å²) in [6.45, 7) is -0.496. The van der Waals surface area contributed by atoms with Crippen LogP contribution in [0.2, 0.25) is 0 Å². The number of non-ortho nitro benzene ring substituents is 3. The first kappa shape index (κ1) is 51.6. The number of epoxide rings is 1. The number of aromatic hydroxyl groups is 1. The molecule has 60 heavy (non-hydrogen) atoms. The highest BCUT2D eigenvalue weighted by Crippen LogP contribution is 2.28. The van der Waals surface area contributed by atoms with E-state index in [2.05, 4.69) is 14.7 Å². The molecule has 24 nitrogen and oxygen atoms in total. The number of phenolic OH excluding ortho intramolecular Hbond substituents is 1. The molecule has 2 atom stereocenters. The average Bonchev–Trinajstić information content (AvgIpc) is 3.50. The Balaban J connectivity index is 0.000000876. The van der Waals surface area contributed by atoms with Crippen LogP contribution in [-0.4, -0.2) is 92.1 Å². The van der Waals surface area contributed by atoms with Crippen molar-refractivity contribution in [2.75, 3.05) is 6.79 Å². The van der Waals surface area contributed by atoms with Gasteiger partial charge in [0.15, 0.2) is 19.0 Å². The van der Waals surface area contributed by atoms with Gasteiger partial charge in [-0.25, -0.2) is 29.1 Å². The first-order valence-electron chi connectivity index (χ1n) is 15.3. The van der Waals surface area contributed by atoms with Crippen LogP contribution in [-0.2, 0) is 23.9 Å². The molecule has 24 heteroatoms. The van der Waals surface area contributed by atoms with E-state index in [0.29, 0.717) is 0 Å². The van der Waals surface area contributed by atoms with Crippen molar-refractivity contribution < 1.29 is 68.2 Å². The third kappa shape index (κ3) is 17.2. The predicted molar refractivity (Wildman–Crippen MR) is 207 cm³/mol. The Hall–Kier alpha value is -8.38. The van der Waals surface area contributed by atoms with Gasteiger partial charge in [-0.15, -0.1) is 0 Å². The second-order valence-electron chi connectivity index (χ2n) is 10.3.